The molecule has 28 nitrogen and oxygen atoms in total. The number of halogens is 1. The van der Waals surface area contributed by atoms with Crippen molar-refractivity contribution in [2.75, 3.05) is 94.5 Å². The standard InChI is InChI=1S/C17H16N2O6.C16H14N2O6.C16H14N2O3.C15H12N2O3.CH3F.CH4.Li.2H2O/c1-18(13-7-5-4-6-12(13)17(21)25-3)14-9-8-11(16(20)24-2)10-15(14)19(22)23;1-23-15(19)10-7-8-13(14(9-10)18(21)22)17-12-6-4-3-5-11(12)16(20)24-2;1-18-13-6-4-3-5-11(13)15(19)17-12-9-10(16(20)21-2)7-8-14(12)18;1-17-12-5-3-2-4-10(12)14(18)16-11-8-9(15(19)20)6-7-13(11)17;1-2;;;;/h4-10H,1-3H3;3-9,17H,1-2H3;3-9H,1-2H3,(H,17,19);2-8H,1H3,(H,16,18)(H,19,20);1H3;1H4;;2*1H2/q;;;;;;+1;;/p-1/i;;;;1D;;;;. The minimum atomic E-state index is -1.02. The Morgan fingerprint density at radius 1 is 0.521 bits per heavy atom. The molecule has 8 aromatic carbocycles. The Labute approximate surface area is 562 Å². The van der Waals surface area contributed by atoms with Crippen LogP contribution in [-0.2, 0) is 23.7 Å². The number of nitro benzene ring substituents is 2. The molecule has 8 aromatic rings. The number of anilines is 10. The zero-order valence-electron chi connectivity index (χ0n) is 53.3. The van der Waals surface area contributed by atoms with Crippen molar-refractivity contribution in [3.8, 4) is 0 Å². The Morgan fingerprint density at radius 3 is 1.36 bits per heavy atom. The van der Waals surface area contributed by atoms with E-state index in [1.807, 2.05) is 54.2 Å². The third-order valence-corrected chi connectivity index (χ3v) is 13.7. The van der Waals surface area contributed by atoms with Crippen LogP contribution in [0.3, 0.4) is 0 Å². The SMILES string of the molecule is C.CN1c2ccc(C(=O)O)cc2NC(=O)c2ccccc21.COC(=O)c1ccc(N(C)c2ccccc2C(=O)OC)c([N+](=O)[O-])c1.COC(=O)c1ccc(Nc2ccccc2C(=O)OC)c([N+](=O)[O-])c1.COC(=O)c1ccc2c(c1)NC(=O)c1ccccc1N2C.O.[2H]CF.[Li+].[OH-]. The van der Waals surface area contributed by atoms with Crippen molar-refractivity contribution in [1.82, 2.24) is 0 Å². The predicted molar refractivity (Wildman–Crippen MR) is 351 cm³/mol. The van der Waals surface area contributed by atoms with Gasteiger partial charge in [-0.05, 0) is 109 Å². The van der Waals surface area contributed by atoms with Crippen LogP contribution < -0.4 is 49.5 Å². The third-order valence-electron chi connectivity index (χ3n) is 13.7. The van der Waals surface area contributed by atoms with Gasteiger partial charge in [0.05, 0.1) is 144 Å². The number of hydrogen-bond acceptors (Lipinski definition) is 22. The number of aromatic carboxylic acids is 1. The molecule has 10 rings (SSSR count). The Kier molecular flexibility index (Phi) is 30.0. The Hall–Kier alpha value is -12.0. The first-order valence-electron chi connectivity index (χ1n) is 27.5. The van der Waals surface area contributed by atoms with Crippen LogP contribution in [0.15, 0.2) is 170 Å². The molecule has 30 heteroatoms. The van der Waals surface area contributed by atoms with E-state index in [1.54, 1.807) is 92.0 Å². The number of alkyl halides is 1. The van der Waals surface area contributed by atoms with Gasteiger partial charge in [0.15, 0.2) is 0 Å². The molecule has 498 valence electrons. The molecule has 2 aliphatic rings. The number of nitrogens with zero attached hydrogens (tertiary/aromatic N) is 5. The van der Waals surface area contributed by atoms with Gasteiger partial charge in [0.25, 0.3) is 23.2 Å². The van der Waals surface area contributed by atoms with E-state index in [0.29, 0.717) is 39.4 Å². The van der Waals surface area contributed by atoms with Crippen molar-refractivity contribution in [1.29, 1.82) is 0 Å². The second-order valence-electron chi connectivity index (χ2n) is 19.0. The van der Waals surface area contributed by atoms with Crippen molar-refractivity contribution >= 4 is 116 Å². The first-order valence-corrected chi connectivity index (χ1v) is 26.8. The molecule has 0 fully saturated rings. The van der Waals surface area contributed by atoms with Crippen LogP contribution in [-0.4, -0.2) is 137 Å². The Morgan fingerprint density at radius 2 is 0.896 bits per heavy atom. The zero-order valence-corrected chi connectivity index (χ0v) is 52.3. The summed E-state index contributed by atoms with van der Waals surface area (Å²) in [7, 11) is 10.5. The van der Waals surface area contributed by atoms with E-state index in [9.17, 15) is 63.0 Å². The number of esters is 5. The maximum absolute atomic E-state index is 12.3. The second kappa shape index (κ2) is 36.9. The van der Waals surface area contributed by atoms with Gasteiger partial charge in [0.2, 0.25) is 0 Å². The molecule has 0 spiro atoms. The Bertz CT molecular complexity index is 4200. The number of nitrogens with one attached hydrogen (secondary N) is 3. The van der Waals surface area contributed by atoms with Gasteiger partial charge in [-0.15, -0.1) is 0 Å². The minimum absolute atomic E-state index is 0. The molecular weight excluding hydrogens is 1250 g/mol. The van der Waals surface area contributed by atoms with E-state index in [1.165, 1.54) is 82.9 Å². The van der Waals surface area contributed by atoms with E-state index < -0.39 is 52.8 Å². The van der Waals surface area contributed by atoms with Gasteiger partial charge in [-0.3, -0.25) is 34.2 Å². The van der Waals surface area contributed by atoms with Crippen molar-refractivity contribution in [2.45, 2.75) is 7.43 Å². The fourth-order valence-corrected chi connectivity index (χ4v) is 9.23. The van der Waals surface area contributed by atoms with E-state index in [2.05, 4.69) is 30.2 Å². The number of amides is 2. The maximum atomic E-state index is 12.3. The molecule has 96 heavy (non-hydrogen) atoms. The molecule has 7 N–H and O–H groups in total. The average molecular weight is 1320 g/mol. The number of carboxylic acids is 1. The number of ether oxygens (including phenoxy) is 5. The summed E-state index contributed by atoms with van der Waals surface area (Å²) in [5.41, 5.74) is 7.07. The molecule has 0 bridgehead atoms. The van der Waals surface area contributed by atoms with Crippen LogP contribution in [0.2, 0.25) is 0 Å². The number of para-hydroxylation sites is 4. The number of rotatable bonds is 12. The smallest absolute Gasteiger partial charge is 0.870 e. The molecule has 0 unspecified atom stereocenters. The Balaban J connectivity index is 0.000000429. The van der Waals surface area contributed by atoms with Crippen molar-refractivity contribution in [3.05, 3.63) is 235 Å². The summed E-state index contributed by atoms with van der Waals surface area (Å²) in [5, 5.41) is 40.2. The van der Waals surface area contributed by atoms with Gasteiger partial charge in [-0.25, -0.2) is 28.8 Å². The monoisotopic (exact) mass is 1320 g/mol. The van der Waals surface area contributed by atoms with Gasteiger partial charge in [-0.1, -0.05) is 56.0 Å². The first-order chi connectivity index (χ1) is 44.5. The molecule has 2 amide bonds. The third kappa shape index (κ3) is 18.6. The van der Waals surface area contributed by atoms with Gasteiger partial charge in [-0.2, -0.15) is 0 Å². The molecule has 0 saturated heterocycles. The van der Waals surface area contributed by atoms with Gasteiger partial charge >= 0.3 is 54.7 Å². The van der Waals surface area contributed by atoms with Crippen LogP contribution in [0.4, 0.5) is 72.6 Å². The normalized spacial score (nSPS) is 10.8. The average Bonchev–Trinajstić information content (AvgIpc) is 1.75. The van der Waals surface area contributed by atoms with Gasteiger partial charge < -0.3 is 70.4 Å². The summed E-state index contributed by atoms with van der Waals surface area (Å²) in [6.45, 7) is 0. The number of benzene rings is 8. The van der Waals surface area contributed by atoms with Crippen molar-refractivity contribution in [3.63, 3.8) is 0 Å². The second-order valence-corrected chi connectivity index (χ2v) is 19.0. The molecule has 0 aliphatic carbocycles. The van der Waals surface area contributed by atoms with Crippen LogP contribution >= 0.6 is 0 Å². The van der Waals surface area contributed by atoms with Gasteiger partial charge in [0.1, 0.15) is 11.4 Å². The largest absolute Gasteiger partial charge is 1.00 e. The molecule has 0 aromatic heterocycles. The molecule has 0 radical (unpaired) electrons. The molecule has 2 aliphatic heterocycles. The maximum Gasteiger partial charge on any atom is 1.00 e. The number of carboxylic acid groups (broad SMARTS) is 1. The van der Waals surface area contributed by atoms with Crippen molar-refractivity contribution < 1.29 is 113 Å². The van der Waals surface area contributed by atoms with E-state index in [0.717, 1.165) is 34.9 Å². The summed E-state index contributed by atoms with van der Waals surface area (Å²) in [5.74, 6) is -4.38. The number of carbonyl (C=O) groups excluding carboxylic acids is 7. The summed E-state index contributed by atoms with van der Waals surface area (Å²) in [6.07, 6.45) is 0. The van der Waals surface area contributed by atoms with E-state index in [-0.39, 0.29) is 99.6 Å². The van der Waals surface area contributed by atoms with E-state index >= 15 is 0 Å². The van der Waals surface area contributed by atoms with Crippen molar-refractivity contribution in [2.24, 2.45) is 0 Å². The number of nitro groups is 2. The summed E-state index contributed by atoms with van der Waals surface area (Å²) < 4.78 is 38.8. The molecule has 0 atom stereocenters. The van der Waals surface area contributed by atoms with E-state index in [4.69, 9.17) is 16.0 Å². The fraction of sp³-hybridized carbons (Fsp3) is 0.152. The van der Waals surface area contributed by atoms with Crippen LogP contribution in [0.1, 0.15) is 91.7 Å². The quantitative estimate of drug-likeness (QED) is 0.0292. The number of hydrogen-bond donors (Lipinski definition) is 4. The minimum Gasteiger partial charge on any atom is -0.870 e. The van der Waals surface area contributed by atoms with Crippen LogP contribution in [0, 0.1) is 20.2 Å². The fourth-order valence-electron chi connectivity index (χ4n) is 9.23. The van der Waals surface area contributed by atoms with Crippen LogP contribution in [0.5, 0.6) is 0 Å². The summed E-state index contributed by atoms with van der Waals surface area (Å²) >= 11 is 0. The topological polar surface area (TPSA) is 397 Å². The summed E-state index contributed by atoms with van der Waals surface area (Å²) in [4.78, 5) is 121. The zero-order chi connectivity index (χ0) is 68.2. The van der Waals surface area contributed by atoms with Gasteiger partial charge in [0, 0.05) is 33.3 Å². The molecule has 2 heterocycles. The molecular formula is C66H66FLiN8O20. The number of fused-ring (bicyclic) bond motifs is 4. The van der Waals surface area contributed by atoms with Crippen LogP contribution in [0.25, 0.3) is 0 Å². The number of carbonyl (C=O) groups is 8. The predicted octanol–water partition coefficient (Wildman–Crippen LogP) is 8.60. The first kappa shape index (κ1) is 78.2. The molecule has 0 saturated carbocycles. The summed E-state index contributed by atoms with van der Waals surface area (Å²) in [6, 6.07) is 45.3. The number of methoxy groups -OCH3 is 5.